The minimum atomic E-state index is -1.31. The number of imide groups is 1. The zero-order valence-electron chi connectivity index (χ0n) is 21.3. The molecule has 4 rings (SSSR count). The molecule has 2 N–H and O–H groups in total. The van der Waals surface area contributed by atoms with Crippen LogP contribution in [0, 0.1) is 11.3 Å². The van der Waals surface area contributed by atoms with Crippen molar-refractivity contribution >= 4 is 46.7 Å². The average Bonchev–Trinajstić information content (AvgIpc) is 3.39. The quantitative estimate of drug-likeness (QED) is 0.348. The van der Waals surface area contributed by atoms with Crippen LogP contribution in [0.25, 0.3) is 0 Å². The number of nitrogens with zero attached hydrogens (tertiary/aromatic N) is 4. The van der Waals surface area contributed by atoms with E-state index in [0.29, 0.717) is 28.6 Å². The predicted octanol–water partition coefficient (Wildman–Crippen LogP) is 4.93. The SMILES string of the molecule is CN1C(=O)N(c2cc(Cl)cc(Cl)c2)C(=O)[C@]12CN(C(=O)CCCCCCCN)C[C@H]2c1ccc(C#N)cc1. The molecule has 10 heteroatoms. The van der Waals surface area contributed by atoms with Crippen LogP contribution in [0.3, 0.4) is 0 Å². The van der Waals surface area contributed by atoms with Crippen LogP contribution >= 0.6 is 23.2 Å². The summed E-state index contributed by atoms with van der Waals surface area (Å²) in [5.74, 6) is -0.961. The molecule has 0 aromatic heterocycles. The van der Waals surface area contributed by atoms with Gasteiger partial charge in [0.15, 0.2) is 0 Å². The summed E-state index contributed by atoms with van der Waals surface area (Å²) in [6.07, 6.45) is 5.11. The van der Waals surface area contributed by atoms with Crippen molar-refractivity contribution in [3.8, 4) is 6.07 Å². The van der Waals surface area contributed by atoms with Crippen LogP contribution < -0.4 is 10.6 Å². The molecule has 38 heavy (non-hydrogen) atoms. The van der Waals surface area contributed by atoms with E-state index in [0.717, 1.165) is 42.6 Å². The van der Waals surface area contributed by atoms with Crippen molar-refractivity contribution in [1.29, 1.82) is 5.26 Å². The maximum absolute atomic E-state index is 14.2. The van der Waals surface area contributed by atoms with Gasteiger partial charge in [-0.25, -0.2) is 9.69 Å². The third-order valence-corrected chi connectivity index (χ3v) is 7.99. The van der Waals surface area contributed by atoms with E-state index in [-0.39, 0.29) is 24.7 Å². The number of anilines is 1. The molecule has 2 aromatic carbocycles. The molecule has 2 aliphatic rings. The van der Waals surface area contributed by atoms with Crippen LogP contribution in [0.5, 0.6) is 0 Å². The van der Waals surface area contributed by atoms with E-state index >= 15 is 0 Å². The van der Waals surface area contributed by atoms with Crippen molar-refractivity contribution in [1.82, 2.24) is 9.80 Å². The van der Waals surface area contributed by atoms with E-state index in [1.165, 1.54) is 23.1 Å². The van der Waals surface area contributed by atoms with Crippen LogP contribution in [0.15, 0.2) is 42.5 Å². The molecule has 0 saturated carbocycles. The summed E-state index contributed by atoms with van der Waals surface area (Å²) in [7, 11) is 1.59. The van der Waals surface area contributed by atoms with Gasteiger partial charge in [0.1, 0.15) is 5.54 Å². The smallest absolute Gasteiger partial charge is 0.332 e. The lowest BCUT2D eigenvalue weighted by Crippen LogP contribution is -2.54. The molecule has 0 unspecified atom stereocenters. The zero-order chi connectivity index (χ0) is 27.4. The third-order valence-electron chi connectivity index (χ3n) is 7.56. The fourth-order valence-corrected chi connectivity index (χ4v) is 6.02. The van der Waals surface area contributed by atoms with Crippen molar-refractivity contribution in [2.45, 2.75) is 50.0 Å². The van der Waals surface area contributed by atoms with Crippen molar-refractivity contribution in [2.24, 2.45) is 5.73 Å². The molecule has 2 aromatic rings. The minimum Gasteiger partial charge on any atom is -0.339 e. The number of benzene rings is 2. The average molecular weight is 556 g/mol. The fourth-order valence-electron chi connectivity index (χ4n) is 5.50. The molecule has 0 bridgehead atoms. The Hall–Kier alpha value is -3.12. The number of carbonyl (C=O) groups excluding carboxylic acids is 3. The van der Waals surface area contributed by atoms with Gasteiger partial charge >= 0.3 is 6.03 Å². The molecule has 1 spiro atoms. The Morgan fingerprint density at radius 2 is 1.68 bits per heavy atom. The first kappa shape index (κ1) is 27.9. The van der Waals surface area contributed by atoms with Gasteiger partial charge in [0, 0.05) is 36.0 Å². The van der Waals surface area contributed by atoms with E-state index in [9.17, 15) is 19.6 Å². The Morgan fingerprint density at radius 3 is 2.32 bits per heavy atom. The summed E-state index contributed by atoms with van der Waals surface area (Å²) in [5, 5.41) is 9.85. The number of hydrogen-bond donors (Lipinski definition) is 1. The summed E-state index contributed by atoms with van der Waals surface area (Å²) in [6, 6.07) is 13.1. The van der Waals surface area contributed by atoms with Crippen LogP contribution in [0.2, 0.25) is 10.0 Å². The highest BCUT2D eigenvalue weighted by atomic mass is 35.5. The molecule has 200 valence electrons. The fraction of sp³-hybridized carbons (Fsp3) is 0.429. The highest BCUT2D eigenvalue weighted by Gasteiger charge is 2.64. The highest BCUT2D eigenvalue weighted by Crippen LogP contribution is 2.46. The van der Waals surface area contributed by atoms with Crippen molar-refractivity contribution in [3.63, 3.8) is 0 Å². The monoisotopic (exact) mass is 555 g/mol. The normalized spacial score (nSPS) is 21.0. The van der Waals surface area contributed by atoms with Gasteiger partial charge in [-0.1, -0.05) is 54.6 Å². The summed E-state index contributed by atoms with van der Waals surface area (Å²) in [5.41, 5.74) is 5.79. The number of unbranched alkanes of at least 4 members (excludes halogenated alkanes) is 4. The number of likely N-dealkylation sites (tertiary alicyclic amines) is 1. The third kappa shape index (κ3) is 5.24. The van der Waals surface area contributed by atoms with E-state index in [2.05, 4.69) is 6.07 Å². The lowest BCUT2D eigenvalue weighted by atomic mass is 9.80. The number of nitriles is 1. The molecule has 2 fully saturated rings. The number of nitrogens with two attached hydrogens (primary N) is 1. The molecule has 0 aliphatic carbocycles. The minimum absolute atomic E-state index is 0.0442. The lowest BCUT2D eigenvalue weighted by Gasteiger charge is -2.33. The number of hydrogen-bond acceptors (Lipinski definition) is 5. The van der Waals surface area contributed by atoms with Gasteiger partial charge in [0.05, 0.1) is 23.9 Å². The molecule has 0 radical (unpaired) electrons. The molecule has 2 saturated heterocycles. The molecular weight excluding hydrogens is 525 g/mol. The Balaban J connectivity index is 1.65. The van der Waals surface area contributed by atoms with Crippen LogP contribution in [0.1, 0.15) is 55.6 Å². The molecule has 2 aliphatic heterocycles. The highest BCUT2D eigenvalue weighted by molar-refractivity contribution is 6.35. The molecule has 4 amide bonds. The first-order valence-corrected chi connectivity index (χ1v) is 13.5. The predicted molar refractivity (Wildman–Crippen MR) is 147 cm³/mol. The van der Waals surface area contributed by atoms with Gasteiger partial charge in [-0.3, -0.25) is 9.59 Å². The number of halogens is 2. The molecular formula is C28H31Cl2N5O3. The second kappa shape index (κ2) is 11.7. The number of likely N-dealkylation sites (N-methyl/N-ethyl adjacent to an activating group) is 1. The molecule has 2 atom stereocenters. The van der Waals surface area contributed by atoms with E-state index in [1.54, 1.807) is 36.2 Å². The summed E-state index contributed by atoms with van der Waals surface area (Å²) in [4.78, 5) is 45.2. The van der Waals surface area contributed by atoms with Crippen LogP contribution in [-0.2, 0) is 9.59 Å². The summed E-state index contributed by atoms with van der Waals surface area (Å²) >= 11 is 12.4. The largest absolute Gasteiger partial charge is 0.339 e. The van der Waals surface area contributed by atoms with Crippen LogP contribution in [-0.4, -0.2) is 59.9 Å². The Labute approximate surface area is 232 Å². The second-order valence-corrected chi connectivity index (χ2v) is 10.8. The Bertz CT molecular complexity index is 1240. The standard InChI is InChI=1S/C28H31Cl2N5O3/c1-33-27(38)35(23-14-21(29)13-22(30)15-23)26(37)28(33)18-34(25(36)7-5-3-2-4-6-12-31)17-24(28)20-10-8-19(16-32)9-11-20/h8-11,13-15,24H,2-7,12,17-18,31H2,1H3/t24-,28+/m0/s1. The van der Waals surface area contributed by atoms with Crippen molar-refractivity contribution in [3.05, 3.63) is 63.6 Å². The van der Waals surface area contributed by atoms with Gasteiger partial charge in [0.25, 0.3) is 5.91 Å². The summed E-state index contributed by atoms with van der Waals surface area (Å²) < 4.78 is 0. The lowest BCUT2D eigenvalue weighted by molar-refractivity contribution is -0.131. The first-order valence-electron chi connectivity index (χ1n) is 12.8. The number of rotatable bonds is 9. The van der Waals surface area contributed by atoms with Gasteiger partial charge in [-0.05, 0) is 55.3 Å². The number of amides is 4. The van der Waals surface area contributed by atoms with Gasteiger partial charge in [-0.15, -0.1) is 0 Å². The van der Waals surface area contributed by atoms with Crippen LogP contribution in [0.4, 0.5) is 10.5 Å². The van der Waals surface area contributed by atoms with Gasteiger partial charge < -0.3 is 15.5 Å². The number of carbonyl (C=O) groups is 3. The molecule has 2 heterocycles. The number of urea groups is 1. The topological polar surface area (TPSA) is 111 Å². The zero-order valence-corrected chi connectivity index (χ0v) is 22.8. The van der Waals surface area contributed by atoms with E-state index in [4.69, 9.17) is 28.9 Å². The molecule has 8 nitrogen and oxygen atoms in total. The maximum Gasteiger partial charge on any atom is 0.332 e. The van der Waals surface area contributed by atoms with Crippen molar-refractivity contribution in [2.75, 3.05) is 31.6 Å². The maximum atomic E-state index is 14.2. The Morgan fingerprint density at radius 1 is 1.05 bits per heavy atom. The van der Waals surface area contributed by atoms with E-state index in [1.807, 2.05) is 0 Å². The van der Waals surface area contributed by atoms with Gasteiger partial charge in [0.2, 0.25) is 5.91 Å². The first-order chi connectivity index (χ1) is 18.2. The Kier molecular flexibility index (Phi) is 8.61. The summed E-state index contributed by atoms with van der Waals surface area (Å²) in [6.45, 7) is 1.03. The van der Waals surface area contributed by atoms with Crippen molar-refractivity contribution < 1.29 is 14.4 Å². The second-order valence-electron chi connectivity index (χ2n) is 9.90. The van der Waals surface area contributed by atoms with E-state index < -0.39 is 23.4 Å². The van der Waals surface area contributed by atoms with Gasteiger partial charge in [-0.2, -0.15) is 5.26 Å².